The van der Waals surface area contributed by atoms with Crippen LogP contribution in [0, 0.1) is 0 Å². The lowest BCUT2D eigenvalue weighted by molar-refractivity contribution is 0.0918. The predicted molar refractivity (Wildman–Crippen MR) is 132 cm³/mol. The summed E-state index contributed by atoms with van der Waals surface area (Å²) < 4.78 is 5.48. The molecule has 7 nitrogen and oxygen atoms in total. The second kappa shape index (κ2) is 10.3. The van der Waals surface area contributed by atoms with Crippen LogP contribution in [0.3, 0.4) is 0 Å². The Balaban J connectivity index is 2.17. The van der Waals surface area contributed by atoms with Gasteiger partial charge in [0.25, 0.3) is 11.8 Å². The first kappa shape index (κ1) is 24.0. The summed E-state index contributed by atoms with van der Waals surface area (Å²) in [7, 11) is 1.53. The molecule has 0 radical (unpaired) electrons. The van der Waals surface area contributed by atoms with E-state index >= 15 is 0 Å². The molecule has 174 valence electrons. The fraction of sp³-hybridized carbons (Fsp3) is 0.346. The molecule has 0 aliphatic rings. The molecule has 3 aromatic rings. The number of carbonyl (C=O) groups excluding carboxylic acids is 2. The average Bonchev–Trinajstić information content (AvgIpc) is 2.78. The number of ether oxygens (including phenoxy) is 1. The van der Waals surface area contributed by atoms with Crippen LogP contribution in [-0.2, 0) is 0 Å². The van der Waals surface area contributed by atoms with Gasteiger partial charge in [-0.05, 0) is 45.4 Å². The van der Waals surface area contributed by atoms with Crippen molar-refractivity contribution in [1.82, 2.24) is 15.6 Å². The van der Waals surface area contributed by atoms with Gasteiger partial charge in [0.2, 0.25) is 0 Å². The molecule has 2 amide bonds. The molecule has 1 heterocycles. The molecule has 3 N–H and O–H groups in total. The zero-order chi connectivity index (χ0) is 24.0. The summed E-state index contributed by atoms with van der Waals surface area (Å²) in [5, 5.41) is 9.95. The summed E-state index contributed by atoms with van der Waals surface area (Å²) in [6.45, 7) is 8.42. The first-order valence-electron chi connectivity index (χ1n) is 11.2. The zero-order valence-electron chi connectivity index (χ0n) is 19.9. The van der Waals surface area contributed by atoms with Gasteiger partial charge < -0.3 is 20.7 Å². The number of aromatic nitrogens is 1. The van der Waals surface area contributed by atoms with Crippen molar-refractivity contribution in [3.05, 3.63) is 59.8 Å². The fourth-order valence-electron chi connectivity index (χ4n) is 3.42. The monoisotopic (exact) mass is 448 g/mol. The molecule has 0 spiro atoms. The molecule has 0 aliphatic heterocycles. The highest BCUT2D eigenvalue weighted by molar-refractivity contribution is 6.10. The average molecular weight is 449 g/mol. The van der Waals surface area contributed by atoms with Crippen LogP contribution in [0.25, 0.3) is 10.9 Å². The first-order chi connectivity index (χ1) is 15.7. The van der Waals surface area contributed by atoms with Crippen LogP contribution in [-0.4, -0.2) is 36.0 Å². The molecule has 7 heteroatoms. The van der Waals surface area contributed by atoms with E-state index in [0.717, 1.165) is 18.5 Å². The lowest BCUT2D eigenvalue weighted by atomic mass is 10.0. The molecular formula is C26H32N4O3. The minimum Gasteiger partial charge on any atom is -0.496 e. The van der Waals surface area contributed by atoms with Crippen molar-refractivity contribution in [1.29, 1.82) is 0 Å². The van der Waals surface area contributed by atoms with Gasteiger partial charge in [-0.3, -0.25) is 14.6 Å². The highest BCUT2D eigenvalue weighted by Crippen LogP contribution is 2.34. The van der Waals surface area contributed by atoms with E-state index in [2.05, 4.69) is 27.9 Å². The Labute approximate surface area is 194 Å². The van der Waals surface area contributed by atoms with Crippen molar-refractivity contribution in [3.63, 3.8) is 0 Å². The molecule has 0 atom stereocenters. The van der Waals surface area contributed by atoms with E-state index in [1.807, 2.05) is 51.1 Å². The van der Waals surface area contributed by atoms with Crippen molar-refractivity contribution in [2.24, 2.45) is 0 Å². The lowest BCUT2D eigenvalue weighted by Gasteiger charge is -2.22. The third-order valence-electron chi connectivity index (χ3n) is 5.03. The van der Waals surface area contributed by atoms with Crippen LogP contribution in [0.2, 0.25) is 0 Å². The highest BCUT2D eigenvalue weighted by Gasteiger charge is 2.22. The number of nitrogens with zero attached hydrogens (tertiary/aromatic N) is 1. The largest absolute Gasteiger partial charge is 0.496 e. The number of benzene rings is 2. The molecule has 0 unspecified atom stereocenters. The lowest BCUT2D eigenvalue weighted by Crippen LogP contribution is -2.40. The number of anilines is 2. The van der Waals surface area contributed by atoms with E-state index in [0.29, 0.717) is 40.0 Å². The Hall–Kier alpha value is -3.61. The van der Waals surface area contributed by atoms with Gasteiger partial charge in [-0.2, -0.15) is 0 Å². The van der Waals surface area contributed by atoms with Crippen molar-refractivity contribution in [2.45, 2.75) is 46.1 Å². The van der Waals surface area contributed by atoms with E-state index in [4.69, 9.17) is 4.74 Å². The number of unbranched alkanes of at least 4 members (excludes halogenated alkanes) is 1. The minimum atomic E-state index is -0.416. The number of carbonyl (C=O) groups is 2. The Morgan fingerprint density at radius 3 is 2.39 bits per heavy atom. The van der Waals surface area contributed by atoms with Crippen molar-refractivity contribution in [2.75, 3.05) is 19.0 Å². The summed E-state index contributed by atoms with van der Waals surface area (Å²) in [5.74, 6) is -0.0425. The molecule has 0 saturated carbocycles. The van der Waals surface area contributed by atoms with E-state index in [-0.39, 0.29) is 11.8 Å². The maximum atomic E-state index is 13.1. The molecule has 2 aromatic carbocycles. The van der Waals surface area contributed by atoms with Crippen LogP contribution in [0.5, 0.6) is 5.75 Å². The van der Waals surface area contributed by atoms with Gasteiger partial charge in [0, 0.05) is 35.4 Å². The summed E-state index contributed by atoms with van der Waals surface area (Å²) in [4.78, 5) is 30.6. The topological polar surface area (TPSA) is 92.4 Å². The second-order valence-electron chi connectivity index (χ2n) is 8.92. The molecule has 1 aromatic heterocycles. The van der Waals surface area contributed by atoms with Gasteiger partial charge in [-0.15, -0.1) is 0 Å². The molecule has 3 rings (SSSR count). The number of amides is 2. The Kier molecular flexibility index (Phi) is 7.53. The third-order valence-corrected chi connectivity index (χ3v) is 5.03. The number of hydrogen-bond donors (Lipinski definition) is 3. The zero-order valence-corrected chi connectivity index (χ0v) is 19.9. The summed E-state index contributed by atoms with van der Waals surface area (Å²) in [6.07, 6.45) is 3.42. The van der Waals surface area contributed by atoms with Crippen LogP contribution >= 0.6 is 0 Å². The number of hydrogen-bond acceptors (Lipinski definition) is 5. The number of nitrogens with one attached hydrogen (secondary N) is 3. The molecule has 0 bridgehead atoms. The van der Waals surface area contributed by atoms with Crippen LogP contribution < -0.4 is 20.7 Å². The molecule has 0 saturated heterocycles. The first-order valence-corrected chi connectivity index (χ1v) is 11.2. The minimum absolute atomic E-state index is 0.225. The van der Waals surface area contributed by atoms with Gasteiger partial charge in [0.05, 0.1) is 29.4 Å². The van der Waals surface area contributed by atoms with Crippen molar-refractivity contribution < 1.29 is 14.3 Å². The van der Waals surface area contributed by atoms with Gasteiger partial charge in [-0.25, -0.2) is 0 Å². The highest BCUT2D eigenvalue weighted by atomic mass is 16.5. The van der Waals surface area contributed by atoms with Crippen molar-refractivity contribution >= 4 is 34.1 Å². The van der Waals surface area contributed by atoms with E-state index in [1.165, 1.54) is 7.11 Å². The van der Waals surface area contributed by atoms with E-state index in [1.54, 1.807) is 18.3 Å². The Morgan fingerprint density at radius 1 is 1.03 bits per heavy atom. The predicted octanol–water partition coefficient (Wildman–Crippen LogP) is 5.05. The summed E-state index contributed by atoms with van der Waals surface area (Å²) in [6, 6.07) is 13.0. The standard InChI is InChI=1S/C26H32N4O3/c1-6-7-13-27-24(31)19-14-18-21(15-22(19)33-5)28-16-20(25(32)30-26(2,3)4)23(18)29-17-11-9-8-10-12-17/h8-12,14-16H,6-7,13H2,1-5H3,(H,27,31)(H,28,29)(H,30,32). The Morgan fingerprint density at radius 2 is 1.76 bits per heavy atom. The SMILES string of the molecule is CCCCNC(=O)c1cc2c(Nc3ccccc3)c(C(=O)NC(C)(C)C)cnc2cc1OC. The van der Waals surface area contributed by atoms with Crippen LogP contribution in [0.15, 0.2) is 48.7 Å². The summed E-state index contributed by atoms with van der Waals surface area (Å²) >= 11 is 0. The quantitative estimate of drug-likeness (QED) is 0.420. The number of para-hydroxylation sites is 1. The third kappa shape index (κ3) is 6.00. The fourth-order valence-corrected chi connectivity index (χ4v) is 3.42. The van der Waals surface area contributed by atoms with Crippen LogP contribution in [0.4, 0.5) is 11.4 Å². The molecular weight excluding hydrogens is 416 g/mol. The molecule has 0 fully saturated rings. The summed E-state index contributed by atoms with van der Waals surface area (Å²) in [5.41, 5.74) is 2.39. The number of methoxy groups -OCH3 is 1. The number of pyridine rings is 1. The maximum Gasteiger partial charge on any atom is 0.255 e. The van der Waals surface area contributed by atoms with Gasteiger partial charge in [0.15, 0.2) is 0 Å². The smallest absolute Gasteiger partial charge is 0.255 e. The maximum absolute atomic E-state index is 13.1. The van der Waals surface area contributed by atoms with Gasteiger partial charge in [-0.1, -0.05) is 31.5 Å². The molecule has 0 aliphatic carbocycles. The van der Waals surface area contributed by atoms with Crippen LogP contribution in [0.1, 0.15) is 61.3 Å². The van der Waals surface area contributed by atoms with Gasteiger partial charge >= 0.3 is 0 Å². The van der Waals surface area contributed by atoms with E-state index < -0.39 is 5.54 Å². The number of rotatable bonds is 8. The van der Waals surface area contributed by atoms with E-state index in [9.17, 15) is 9.59 Å². The number of fused-ring (bicyclic) bond motifs is 1. The van der Waals surface area contributed by atoms with Gasteiger partial charge in [0.1, 0.15) is 5.75 Å². The normalized spacial score (nSPS) is 11.2. The van der Waals surface area contributed by atoms with Crippen molar-refractivity contribution in [3.8, 4) is 5.75 Å². The molecule has 33 heavy (non-hydrogen) atoms. The second-order valence-corrected chi connectivity index (χ2v) is 8.92. The Bertz CT molecular complexity index is 1140.